The summed E-state index contributed by atoms with van der Waals surface area (Å²) in [4.78, 5) is 0. The smallest absolute Gasteiger partial charge is 0.107 e. The molecule has 4 aromatic rings. The van der Waals surface area contributed by atoms with Crippen LogP contribution in [-0.2, 0) is 6.54 Å². The molecule has 0 N–H and O–H groups in total. The Morgan fingerprint density at radius 1 is 0.724 bits per heavy atom. The fourth-order valence-corrected chi connectivity index (χ4v) is 4.31. The summed E-state index contributed by atoms with van der Waals surface area (Å²) in [5.41, 5.74) is 10.7. The predicted octanol–water partition coefficient (Wildman–Crippen LogP) is 7.26. The average Bonchev–Trinajstić information content (AvgIpc) is 3.02. The third-order valence-electron chi connectivity index (χ3n) is 5.37. The van der Waals surface area contributed by atoms with Crippen molar-refractivity contribution in [2.45, 2.75) is 34.2 Å². The molecule has 0 aliphatic carbocycles. The van der Waals surface area contributed by atoms with Crippen molar-refractivity contribution >= 4 is 15.9 Å². The van der Waals surface area contributed by atoms with Gasteiger partial charge in [-0.25, -0.2) is 0 Å². The predicted molar refractivity (Wildman–Crippen MR) is 125 cm³/mol. The summed E-state index contributed by atoms with van der Waals surface area (Å²) in [5.74, 6) is 0. The van der Waals surface area contributed by atoms with Gasteiger partial charge < -0.3 is 0 Å². The molecule has 0 radical (unpaired) electrons. The molecule has 2 nitrogen and oxygen atoms in total. The van der Waals surface area contributed by atoms with E-state index < -0.39 is 0 Å². The first-order valence-corrected chi connectivity index (χ1v) is 10.7. The minimum absolute atomic E-state index is 0.737. The summed E-state index contributed by atoms with van der Waals surface area (Å²) in [6.07, 6.45) is 0. The van der Waals surface area contributed by atoms with Gasteiger partial charge in [-0.3, -0.25) is 4.68 Å². The zero-order valence-electron chi connectivity index (χ0n) is 17.3. The van der Waals surface area contributed by atoms with Crippen molar-refractivity contribution in [2.75, 3.05) is 0 Å². The number of benzene rings is 3. The Morgan fingerprint density at radius 2 is 1.28 bits per heavy atom. The maximum Gasteiger partial charge on any atom is 0.107 e. The largest absolute Gasteiger partial charge is 0.259 e. The molecule has 0 saturated heterocycles. The van der Waals surface area contributed by atoms with Gasteiger partial charge in [0.25, 0.3) is 0 Å². The number of aryl methyl sites for hydroxylation is 4. The standard InChI is InChI=1S/C26H25BrN2/c1-17-6-11-21(12-7-17)25-24(27)26(22-13-8-18(2)9-14-22)29(28-25)16-23-15-19(3)5-10-20(23)4/h5-15H,16H2,1-4H3. The van der Waals surface area contributed by atoms with Crippen LogP contribution in [0.2, 0.25) is 0 Å². The van der Waals surface area contributed by atoms with Crippen molar-refractivity contribution < 1.29 is 0 Å². The normalized spacial score (nSPS) is 11.1. The summed E-state index contributed by atoms with van der Waals surface area (Å²) in [6, 6.07) is 23.8. The Balaban J connectivity index is 1.88. The quantitative estimate of drug-likeness (QED) is 0.323. The molecule has 0 spiro atoms. The van der Waals surface area contributed by atoms with Gasteiger partial charge in [0.2, 0.25) is 0 Å². The Labute approximate surface area is 181 Å². The highest BCUT2D eigenvalue weighted by Gasteiger charge is 2.19. The van der Waals surface area contributed by atoms with Gasteiger partial charge in [0.05, 0.1) is 16.7 Å². The van der Waals surface area contributed by atoms with Crippen molar-refractivity contribution in [3.63, 3.8) is 0 Å². The highest BCUT2D eigenvalue weighted by atomic mass is 79.9. The number of nitrogens with zero attached hydrogens (tertiary/aromatic N) is 2. The van der Waals surface area contributed by atoms with E-state index in [2.05, 4.69) is 115 Å². The Hall–Kier alpha value is -2.65. The number of hydrogen-bond donors (Lipinski definition) is 0. The van der Waals surface area contributed by atoms with Gasteiger partial charge in [-0.05, 0) is 54.8 Å². The summed E-state index contributed by atoms with van der Waals surface area (Å²) >= 11 is 3.88. The monoisotopic (exact) mass is 444 g/mol. The molecule has 146 valence electrons. The summed E-state index contributed by atoms with van der Waals surface area (Å²) in [7, 11) is 0. The molecular formula is C26H25BrN2. The molecule has 0 atom stereocenters. The van der Waals surface area contributed by atoms with E-state index in [4.69, 9.17) is 5.10 Å². The van der Waals surface area contributed by atoms with E-state index >= 15 is 0 Å². The topological polar surface area (TPSA) is 17.8 Å². The van der Waals surface area contributed by atoms with Crippen LogP contribution >= 0.6 is 15.9 Å². The first kappa shape index (κ1) is 19.7. The lowest BCUT2D eigenvalue weighted by Crippen LogP contribution is -2.06. The van der Waals surface area contributed by atoms with Crippen LogP contribution in [0.15, 0.2) is 71.2 Å². The molecule has 1 aromatic heterocycles. The van der Waals surface area contributed by atoms with Crippen LogP contribution in [0.3, 0.4) is 0 Å². The summed E-state index contributed by atoms with van der Waals surface area (Å²) in [5, 5.41) is 5.04. The number of rotatable bonds is 4. The first-order valence-electron chi connectivity index (χ1n) is 9.89. The zero-order chi connectivity index (χ0) is 20.5. The molecule has 0 aliphatic heterocycles. The minimum Gasteiger partial charge on any atom is -0.259 e. The highest BCUT2D eigenvalue weighted by Crippen LogP contribution is 2.37. The van der Waals surface area contributed by atoms with Crippen LogP contribution in [0.5, 0.6) is 0 Å². The molecule has 0 saturated carbocycles. The number of halogens is 1. The van der Waals surface area contributed by atoms with Crippen LogP contribution in [0.4, 0.5) is 0 Å². The number of hydrogen-bond acceptors (Lipinski definition) is 1. The Morgan fingerprint density at radius 3 is 1.90 bits per heavy atom. The lowest BCUT2D eigenvalue weighted by atomic mass is 10.0. The molecule has 0 aliphatic rings. The third-order valence-corrected chi connectivity index (χ3v) is 6.12. The van der Waals surface area contributed by atoms with Crippen molar-refractivity contribution in [2.24, 2.45) is 0 Å². The van der Waals surface area contributed by atoms with Crippen molar-refractivity contribution in [1.82, 2.24) is 9.78 Å². The van der Waals surface area contributed by atoms with Crippen LogP contribution in [0, 0.1) is 27.7 Å². The van der Waals surface area contributed by atoms with Crippen molar-refractivity contribution in [1.29, 1.82) is 0 Å². The second-order valence-corrected chi connectivity index (χ2v) is 8.62. The van der Waals surface area contributed by atoms with E-state index in [1.165, 1.54) is 33.4 Å². The molecule has 0 amide bonds. The first-order chi connectivity index (χ1) is 13.9. The maximum absolute atomic E-state index is 5.04. The zero-order valence-corrected chi connectivity index (χ0v) is 18.9. The van der Waals surface area contributed by atoms with E-state index in [1.807, 2.05) is 0 Å². The second kappa shape index (κ2) is 8.00. The van der Waals surface area contributed by atoms with Crippen molar-refractivity contribution in [3.8, 4) is 22.5 Å². The lowest BCUT2D eigenvalue weighted by Gasteiger charge is -2.11. The fraction of sp³-hybridized carbons (Fsp3) is 0.192. The minimum atomic E-state index is 0.737. The van der Waals surface area contributed by atoms with Gasteiger partial charge in [0.1, 0.15) is 5.69 Å². The Kier molecular flexibility index (Phi) is 5.42. The summed E-state index contributed by atoms with van der Waals surface area (Å²) < 4.78 is 3.17. The SMILES string of the molecule is Cc1ccc(-c2nn(Cc3cc(C)ccc3C)c(-c3ccc(C)cc3)c2Br)cc1. The fourth-order valence-electron chi connectivity index (χ4n) is 3.57. The lowest BCUT2D eigenvalue weighted by molar-refractivity contribution is 0.693. The molecule has 4 rings (SSSR count). The van der Waals surface area contributed by atoms with Crippen LogP contribution in [-0.4, -0.2) is 9.78 Å². The van der Waals surface area contributed by atoms with E-state index in [9.17, 15) is 0 Å². The van der Waals surface area contributed by atoms with Crippen molar-refractivity contribution in [3.05, 3.63) is 99.0 Å². The molecule has 3 heteroatoms. The van der Waals surface area contributed by atoms with Crippen LogP contribution in [0.25, 0.3) is 22.5 Å². The van der Waals surface area contributed by atoms with Crippen LogP contribution in [0.1, 0.15) is 27.8 Å². The second-order valence-electron chi connectivity index (χ2n) is 7.83. The van der Waals surface area contributed by atoms with Gasteiger partial charge >= 0.3 is 0 Å². The molecule has 3 aromatic carbocycles. The van der Waals surface area contributed by atoms with E-state index in [0.717, 1.165) is 28.0 Å². The molecule has 0 fully saturated rings. The van der Waals surface area contributed by atoms with E-state index in [-0.39, 0.29) is 0 Å². The molecule has 0 bridgehead atoms. The third kappa shape index (κ3) is 4.06. The van der Waals surface area contributed by atoms with Gasteiger partial charge in [-0.15, -0.1) is 0 Å². The van der Waals surface area contributed by atoms with Crippen LogP contribution < -0.4 is 0 Å². The molecule has 29 heavy (non-hydrogen) atoms. The van der Waals surface area contributed by atoms with Gasteiger partial charge in [0.15, 0.2) is 0 Å². The number of aromatic nitrogens is 2. The molecular weight excluding hydrogens is 420 g/mol. The molecule has 0 unspecified atom stereocenters. The van der Waals surface area contributed by atoms with Gasteiger partial charge in [-0.2, -0.15) is 5.10 Å². The maximum atomic E-state index is 5.04. The Bertz CT molecular complexity index is 1150. The highest BCUT2D eigenvalue weighted by molar-refractivity contribution is 9.10. The molecule has 1 heterocycles. The van der Waals surface area contributed by atoms with E-state index in [1.54, 1.807) is 0 Å². The summed E-state index contributed by atoms with van der Waals surface area (Å²) in [6.45, 7) is 9.27. The average molecular weight is 445 g/mol. The van der Waals surface area contributed by atoms with Gasteiger partial charge in [0, 0.05) is 11.1 Å². The van der Waals surface area contributed by atoms with E-state index in [0.29, 0.717) is 0 Å². The van der Waals surface area contributed by atoms with Gasteiger partial charge in [-0.1, -0.05) is 83.4 Å².